The minimum absolute atomic E-state index is 0.153. The third-order valence-electron chi connectivity index (χ3n) is 5.63. The summed E-state index contributed by atoms with van der Waals surface area (Å²) in [7, 11) is 0. The number of nitrogens with one attached hydrogen (secondary N) is 2. The first-order chi connectivity index (χ1) is 13.4. The highest BCUT2D eigenvalue weighted by Gasteiger charge is 2.37. The molecule has 1 aromatic heterocycles. The number of nitrogens with zero attached hydrogens (tertiary/aromatic N) is 3. The zero-order chi connectivity index (χ0) is 19.9. The molecule has 0 amide bonds. The zero-order valence-corrected chi connectivity index (χ0v) is 16.0. The van der Waals surface area contributed by atoms with Gasteiger partial charge < -0.3 is 15.5 Å². The number of alkyl halides is 3. The molecule has 0 radical (unpaired) electrons. The van der Waals surface area contributed by atoms with E-state index in [9.17, 15) is 13.2 Å². The fraction of sp³-hybridized carbons (Fsp3) is 0.500. The molecule has 150 valence electrons. The summed E-state index contributed by atoms with van der Waals surface area (Å²) in [4.78, 5) is 10.4. The molecule has 4 rings (SSSR count). The summed E-state index contributed by atoms with van der Waals surface area (Å²) in [6.07, 6.45) is -2.49. The van der Waals surface area contributed by atoms with Crippen LogP contribution in [0.1, 0.15) is 48.8 Å². The van der Waals surface area contributed by atoms with E-state index >= 15 is 0 Å². The molecule has 1 aliphatic heterocycles. The van der Waals surface area contributed by atoms with Gasteiger partial charge in [-0.05, 0) is 55.0 Å². The summed E-state index contributed by atoms with van der Waals surface area (Å²) >= 11 is 0. The Labute approximate surface area is 162 Å². The van der Waals surface area contributed by atoms with Crippen LogP contribution in [-0.4, -0.2) is 41.0 Å². The maximum Gasteiger partial charge on any atom is 0.421 e. The molecular weight excluding hydrogens is 367 g/mol. The van der Waals surface area contributed by atoms with Crippen LogP contribution >= 0.6 is 0 Å². The molecule has 2 heterocycles. The van der Waals surface area contributed by atoms with Crippen molar-refractivity contribution in [2.24, 2.45) is 0 Å². The number of aromatic nitrogens is 2. The number of rotatable bonds is 5. The summed E-state index contributed by atoms with van der Waals surface area (Å²) in [6, 6.07) is 6.20. The Morgan fingerprint density at radius 3 is 2.57 bits per heavy atom. The standard InChI is InChI=1S/C20H24F3N5/c1-3-24-18-17(20(21,22)23)9-25-19(27-18)26-14-5-6-15-12-7-13(16(15)8-14)11-28(4-2)10-12/h5-6,8-9,12-13H,3-4,7,10-11H2,1-2H3,(H2,24,25,26,27). The van der Waals surface area contributed by atoms with E-state index in [-0.39, 0.29) is 11.8 Å². The fourth-order valence-corrected chi connectivity index (χ4v) is 4.36. The smallest absolute Gasteiger partial charge is 0.370 e. The van der Waals surface area contributed by atoms with E-state index in [2.05, 4.69) is 44.6 Å². The van der Waals surface area contributed by atoms with Gasteiger partial charge >= 0.3 is 6.18 Å². The zero-order valence-electron chi connectivity index (χ0n) is 16.0. The third kappa shape index (κ3) is 3.53. The molecule has 2 aromatic rings. The molecule has 5 nitrogen and oxygen atoms in total. The number of benzene rings is 1. The SMILES string of the molecule is CCNc1nc(Nc2ccc3c(c2)C2CC3CN(CC)C2)ncc1C(F)(F)F. The van der Waals surface area contributed by atoms with Crippen LogP contribution in [0, 0.1) is 0 Å². The van der Waals surface area contributed by atoms with E-state index in [1.54, 1.807) is 6.92 Å². The molecule has 8 heteroatoms. The monoisotopic (exact) mass is 391 g/mol. The number of anilines is 3. The van der Waals surface area contributed by atoms with Gasteiger partial charge in [0, 0.05) is 31.5 Å². The summed E-state index contributed by atoms with van der Waals surface area (Å²) < 4.78 is 39.4. The average molecular weight is 391 g/mol. The Balaban J connectivity index is 1.59. The van der Waals surface area contributed by atoms with Crippen LogP contribution in [-0.2, 0) is 6.18 Å². The van der Waals surface area contributed by atoms with Gasteiger partial charge in [-0.1, -0.05) is 13.0 Å². The van der Waals surface area contributed by atoms with E-state index in [0.29, 0.717) is 18.4 Å². The Kier molecular flexibility index (Phi) is 4.91. The fourth-order valence-electron chi connectivity index (χ4n) is 4.36. The molecule has 1 aromatic carbocycles. The average Bonchev–Trinajstić information content (AvgIpc) is 2.91. The molecule has 1 saturated heterocycles. The van der Waals surface area contributed by atoms with Crippen LogP contribution in [0.5, 0.6) is 0 Å². The van der Waals surface area contributed by atoms with Crippen LogP contribution in [0.15, 0.2) is 24.4 Å². The van der Waals surface area contributed by atoms with Crippen LogP contribution in [0.4, 0.5) is 30.6 Å². The quantitative estimate of drug-likeness (QED) is 0.782. The van der Waals surface area contributed by atoms with Gasteiger partial charge in [-0.25, -0.2) is 4.98 Å². The molecule has 28 heavy (non-hydrogen) atoms. The molecule has 1 aliphatic carbocycles. The lowest BCUT2D eigenvalue weighted by Gasteiger charge is -2.30. The first-order valence-corrected chi connectivity index (χ1v) is 9.70. The Bertz CT molecular complexity index is 867. The van der Waals surface area contributed by atoms with Gasteiger partial charge in [0.25, 0.3) is 0 Å². The van der Waals surface area contributed by atoms with Crippen molar-refractivity contribution in [1.82, 2.24) is 14.9 Å². The van der Waals surface area contributed by atoms with Gasteiger partial charge in [0.1, 0.15) is 11.4 Å². The van der Waals surface area contributed by atoms with Crippen LogP contribution in [0.2, 0.25) is 0 Å². The van der Waals surface area contributed by atoms with Crippen LogP contribution in [0.25, 0.3) is 0 Å². The molecule has 0 spiro atoms. The van der Waals surface area contributed by atoms with E-state index in [4.69, 9.17) is 0 Å². The lowest BCUT2D eigenvalue weighted by atomic mass is 9.96. The van der Waals surface area contributed by atoms with Crippen molar-refractivity contribution in [3.63, 3.8) is 0 Å². The second-order valence-electron chi connectivity index (χ2n) is 7.43. The molecule has 0 saturated carbocycles. The lowest BCUT2D eigenvalue weighted by molar-refractivity contribution is -0.137. The van der Waals surface area contributed by atoms with Crippen LogP contribution in [0.3, 0.4) is 0 Å². The van der Waals surface area contributed by atoms with Crippen molar-refractivity contribution in [2.75, 3.05) is 36.8 Å². The molecule has 2 N–H and O–H groups in total. The Hall–Kier alpha value is -2.35. The summed E-state index contributed by atoms with van der Waals surface area (Å²) in [6.45, 7) is 7.47. The molecule has 2 bridgehead atoms. The van der Waals surface area contributed by atoms with Gasteiger partial charge in [0.05, 0.1) is 0 Å². The lowest BCUT2D eigenvalue weighted by Crippen LogP contribution is -2.34. The number of halogens is 3. The number of fused-ring (bicyclic) bond motifs is 5. The van der Waals surface area contributed by atoms with E-state index < -0.39 is 11.7 Å². The highest BCUT2D eigenvalue weighted by molar-refractivity contribution is 5.60. The number of likely N-dealkylation sites (N-methyl/N-ethyl adjacent to an activating group) is 1. The maximum atomic E-state index is 13.1. The van der Waals surface area contributed by atoms with E-state index in [0.717, 1.165) is 31.5 Å². The summed E-state index contributed by atoms with van der Waals surface area (Å²) in [5.74, 6) is 1.04. The van der Waals surface area contributed by atoms with Crippen molar-refractivity contribution < 1.29 is 13.2 Å². The number of likely N-dealkylation sites (tertiary alicyclic amines) is 1. The number of piperidine rings is 1. The molecule has 2 atom stereocenters. The Morgan fingerprint density at radius 2 is 1.89 bits per heavy atom. The number of hydrogen-bond donors (Lipinski definition) is 2. The van der Waals surface area contributed by atoms with Crippen LogP contribution < -0.4 is 10.6 Å². The van der Waals surface area contributed by atoms with Crippen molar-refractivity contribution >= 4 is 17.5 Å². The summed E-state index contributed by atoms with van der Waals surface area (Å²) in [5.41, 5.74) is 2.68. The first-order valence-electron chi connectivity index (χ1n) is 9.70. The summed E-state index contributed by atoms with van der Waals surface area (Å²) in [5, 5.41) is 5.75. The predicted molar refractivity (Wildman–Crippen MR) is 103 cm³/mol. The van der Waals surface area contributed by atoms with Gasteiger partial charge in [0.15, 0.2) is 0 Å². The van der Waals surface area contributed by atoms with Gasteiger partial charge in [-0.3, -0.25) is 0 Å². The van der Waals surface area contributed by atoms with Crippen molar-refractivity contribution in [3.8, 4) is 0 Å². The number of hydrogen-bond acceptors (Lipinski definition) is 5. The predicted octanol–water partition coefficient (Wildman–Crippen LogP) is 4.58. The largest absolute Gasteiger partial charge is 0.421 e. The Morgan fingerprint density at radius 1 is 1.14 bits per heavy atom. The highest BCUT2D eigenvalue weighted by Crippen LogP contribution is 2.46. The second-order valence-corrected chi connectivity index (χ2v) is 7.43. The van der Waals surface area contributed by atoms with E-state index in [1.165, 1.54) is 17.5 Å². The molecule has 2 aliphatic rings. The van der Waals surface area contributed by atoms with Gasteiger partial charge in [-0.15, -0.1) is 0 Å². The topological polar surface area (TPSA) is 53.1 Å². The van der Waals surface area contributed by atoms with Crippen molar-refractivity contribution in [2.45, 2.75) is 38.3 Å². The molecule has 2 unspecified atom stereocenters. The maximum absolute atomic E-state index is 13.1. The van der Waals surface area contributed by atoms with Gasteiger partial charge in [-0.2, -0.15) is 18.2 Å². The minimum Gasteiger partial charge on any atom is -0.370 e. The van der Waals surface area contributed by atoms with Crippen molar-refractivity contribution in [3.05, 3.63) is 41.1 Å². The van der Waals surface area contributed by atoms with Crippen molar-refractivity contribution in [1.29, 1.82) is 0 Å². The first kappa shape index (κ1) is 19.0. The third-order valence-corrected chi connectivity index (χ3v) is 5.63. The minimum atomic E-state index is -4.49. The highest BCUT2D eigenvalue weighted by atomic mass is 19.4. The van der Waals surface area contributed by atoms with Gasteiger partial charge in [0.2, 0.25) is 5.95 Å². The molecule has 1 fully saturated rings. The van der Waals surface area contributed by atoms with E-state index in [1.807, 2.05) is 6.07 Å². The normalized spacial score (nSPS) is 21.5. The second kappa shape index (κ2) is 7.24. The molecular formula is C20H24F3N5.